The number of Topliss-reactive ketones (excluding diaryl/α,β-unsaturated/α-hetero) is 1. The summed E-state index contributed by atoms with van der Waals surface area (Å²) in [5.41, 5.74) is 1.49. The molecule has 3 aromatic carbocycles. The Morgan fingerprint density at radius 1 is 0.921 bits per heavy atom. The fourth-order valence-corrected chi connectivity index (χ4v) is 4.32. The van der Waals surface area contributed by atoms with Gasteiger partial charge in [0.25, 0.3) is 11.7 Å². The van der Waals surface area contributed by atoms with Crippen LogP contribution >= 0.6 is 0 Å². The van der Waals surface area contributed by atoms with E-state index in [1.165, 1.54) is 4.90 Å². The molecule has 1 aliphatic heterocycles. The first kappa shape index (κ1) is 26.8. The minimum atomic E-state index is -0.883. The normalized spacial score (nSPS) is 16.7. The Balaban J connectivity index is 1.86. The van der Waals surface area contributed by atoms with Crippen molar-refractivity contribution in [3.63, 3.8) is 0 Å². The Hall–Kier alpha value is -4.26. The van der Waals surface area contributed by atoms with Gasteiger partial charge < -0.3 is 19.3 Å². The molecule has 4 rings (SSSR count). The number of benzene rings is 3. The first-order chi connectivity index (χ1) is 18.3. The standard InChI is InChI=1S/C31H33NO6/c1-5-15-37-26-14-8-11-23(18-26)32-28(21-9-6-12-24(16-21)36-4)27(30(34)31(32)35)29(33)22-10-7-13-25(17-22)38-19-20(2)3/h6-14,16-18,20,28,33H,5,15,19H2,1-4H3/b29-27+. The van der Waals surface area contributed by atoms with Gasteiger partial charge in [-0.05, 0) is 54.3 Å². The summed E-state index contributed by atoms with van der Waals surface area (Å²) in [5, 5.41) is 11.5. The minimum Gasteiger partial charge on any atom is -0.507 e. The number of rotatable bonds is 10. The molecule has 1 aliphatic rings. The third kappa shape index (κ3) is 5.67. The van der Waals surface area contributed by atoms with E-state index in [1.54, 1.807) is 79.9 Å². The van der Waals surface area contributed by atoms with Gasteiger partial charge >= 0.3 is 0 Å². The summed E-state index contributed by atoms with van der Waals surface area (Å²) in [7, 11) is 1.55. The van der Waals surface area contributed by atoms with Gasteiger partial charge in [-0.15, -0.1) is 0 Å². The van der Waals surface area contributed by atoms with Crippen molar-refractivity contribution < 1.29 is 28.9 Å². The summed E-state index contributed by atoms with van der Waals surface area (Å²) in [6.07, 6.45) is 0.832. The summed E-state index contributed by atoms with van der Waals surface area (Å²) in [4.78, 5) is 28.4. The van der Waals surface area contributed by atoms with Crippen LogP contribution in [0.4, 0.5) is 5.69 Å². The van der Waals surface area contributed by atoms with Crippen molar-refractivity contribution in [3.8, 4) is 17.2 Å². The van der Waals surface area contributed by atoms with Crippen LogP contribution in [-0.4, -0.2) is 37.1 Å². The second-order valence-electron chi connectivity index (χ2n) is 9.52. The number of ether oxygens (including phenoxy) is 3. The molecule has 1 amide bonds. The minimum absolute atomic E-state index is 0.0101. The molecule has 1 fully saturated rings. The summed E-state index contributed by atoms with van der Waals surface area (Å²) in [6.45, 7) is 7.13. The fourth-order valence-electron chi connectivity index (χ4n) is 4.32. The highest BCUT2D eigenvalue weighted by atomic mass is 16.5. The second kappa shape index (κ2) is 11.9. The fraction of sp³-hybridized carbons (Fsp3) is 0.290. The molecule has 7 nitrogen and oxygen atoms in total. The number of hydrogen-bond donors (Lipinski definition) is 1. The van der Waals surface area contributed by atoms with Gasteiger partial charge in [0.1, 0.15) is 23.0 Å². The van der Waals surface area contributed by atoms with Gasteiger partial charge in [0.15, 0.2) is 0 Å². The molecule has 38 heavy (non-hydrogen) atoms. The Morgan fingerprint density at radius 3 is 2.32 bits per heavy atom. The summed E-state index contributed by atoms with van der Waals surface area (Å²) in [5.74, 6) is 0.260. The third-order valence-electron chi connectivity index (χ3n) is 6.11. The highest BCUT2D eigenvalue weighted by Gasteiger charge is 2.47. The molecule has 1 atom stereocenters. The van der Waals surface area contributed by atoms with Crippen molar-refractivity contribution in [1.82, 2.24) is 0 Å². The molecule has 1 saturated heterocycles. The molecule has 0 aliphatic carbocycles. The van der Waals surface area contributed by atoms with Crippen molar-refractivity contribution in [1.29, 1.82) is 0 Å². The number of aliphatic hydroxyl groups is 1. The number of carbonyl (C=O) groups is 2. The van der Waals surface area contributed by atoms with Gasteiger partial charge in [-0.3, -0.25) is 14.5 Å². The lowest BCUT2D eigenvalue weighted by atomic mass is 9.95. The average Bonchev–Trinajstić information content (AvgIpc) is 3.20. The molecule has 0 radical (unpaired) electrons. The maximum Gasteiger partial charge on any atom is 0.300 e. The number of nitrogens with zero attached hydrogens (tertiary/aromatic N) is 1. The molecule has 0 saturated carbocycles. The van der Waals surface area contributed by atoms with Gasteiger partial charge in [0.05, 0.1) is 31.9 Å². The van der Waals surface area contributed by atoms with Crippen LogP contribution in [0.5, 0.6) is 17.2 Å². The smallest absolute Gasteiger partial charge is 0.300 e. The topological polar surface area (TPSA) is 85.3 Å². The Bertz CT molecular complexity index is 1350. The van der Waals surface area contributed by atoms with Crippen LogP contribution in [0, 0.1) is 5.92 Å². The number of ketones is 1. The molecule has 1 N–H and O–H groups in total. The predicted molar refractivity (Wildman–Crippen MR) is 147 cm³/mol. The van der Waals surface area contributed by atoms with E-state index in [1.807, 2.05) is 20.8 Å². The van der Waals surface area contributed by atoms with E-state index in [4.69, 9.17) is 14.2 Å². The molecule has 0 bridgehead atoms. The van der Waals surface area contributed by atoms with E-state index in [-0.39, 0.29) is 11.3 Å². The largest absolute Gasteiger partial charge is 0.507 e. The van der Waals surface area contributed by atoms with Gasteiger partial charge in [0, 0.05) is 17.3 Å². The van der Waals surface area contributed by atoms with Crippen LogP contribution in [0.15, 0.2) is 78.4 Å². The Kier molecular flexibility index (Phi) is 8.36. The molecule has 0 aromatic heterocycles. The van der Waals surface area contributed by atoms with E-state index in [0.29, 0.717) is 53.2 Å². The molecule has 3 aromatic rings. The first-order valence-corrected chi connectivity index (χ1v) is 12.7. The van der Waals surface area contributed by atoms with Crippen molar-refractivity contribution in [3.05, 3.63) is 89.5 Å². The lowest BCUT2D eigenvalue weighted by molar-refractivity contribution is -0.132. The van der Waals surface area contributed by atoms with Crippen LogP contribution in [0.25, 0.3) is 5.76 Å². The highest BCUT2D eigenvalue weighted by Crippen LogP contribution is 2.43. The number of hydrogen-bond acceptors (Lipinski definition) is 6. The highest BCUT2D eigenvalue weighted by molar-refractivity contribution is 6.51. The Labute approximate surface area is 223 Å². The average molecular weight is 516 g/mol. The molecule has 1 unspecified atom stereocenters. The van der Waals surface area contributed by atoms with Gasteiger partial charge in [-0.2, -0.15) is 0 Å². The number of amides is 1. The van der Waals surface area contributed by atoms with Crippen molar-refractivity contribution in [2.75, 3.05) is 25.2 Å². The van der Waals surface area contributed by atoms with E-state index in [9.17, 15) is 14.7 Å². The van der Waals surface area contributed by atoms with Crippen LogP contribution in [0.1, 0.15) is 44.4 Å². The van der Waals surface area contributed by atoms with Crippen molar-refractivity contribution in [2.24, 2.45) is 5.92 Å². The molecule has 1 heterocycles. The number of aliphatic hydroxyl groups excluding tert-OH is 1. The Morgan fingerprint density at radius 2 is 1.61 bits per heavy atom. The zero-order valence-corrected chi connectivity index (χ0v) is 22.1. The quantitative estimate of drug-likeness (QED) is 0.198. The van der Waals surface area contributed by atoms with E-state index in [0.717, 1.165) is 6.42 Å². The molecular formula is C31H33NO6. The summed E-state index contributed by atoms with van der Waals surface area (Å²) < 4.78 is 17.0. The molecular weight excluding hydrogens is 482 g/mol. The van der Waals surface area contributed by atoms with Crippen LogP contribution < -0.4 is 19.1 Å². The lowest BCUT2D eigenvalue weighted by Gasteiger charge is -2.26. The zero-order chi connectivity index (χ0) is 27.2. The van der Waals surface area contributed by atoms with Gasteiger partial charge in [-0.25, -0.2) is 0 Å². The van der Waals surface area contributed by atoms with Crippen LogP contribution in [0.2, 0.25) is 0 Å². The van der Waals surface area contributed by atoms with Crippen molar-refractivity contribution in [2.45, 2.75) is 33.2 Å². The third-order valence-corrected chi connectivity index (χ3v) is 6.11. The first-order valence-electron chi connectivity index (χ1n) is 12.7. The number of carbonyl (C=O) groups excluding carboxylic acids is 2. The van der Waals surface area contributed by atoms with E-state index < -0.39 is 17.7 Å². The van der Waals surface area contributed by atoms with E-state index in [2.05, 4.69) is 0 Å². The van der Waals surface area contributed by atoms with Gasteiger partial charge in [0.2, 0.25) is 0 Å². The van der Waals surface area contributed by atoms with E-state index >= 15 is 0 Å². The van der Waals surface area contributed by atoms with Crippen LogP contribution in [0.3, 0.4) is 0 Å². The molecule has 7 heteroatoms. The second-order valence-corrected chi connectivity index (χ2v) is 9.52. The van der Waals surface area contributed by atoms with Crippen LogP contribution in [-0.2, 0) is 9.59 Å². The maximum atomic E-state index is 13.5. The SMILES string of the molecule is CCCOc1cccc(N2C(=O)C(=O)/C(=C(/O)c3cccc(OCC(C)C)c3)C2c2cccc(OC)c2)c1. The summed E-state index contributed by atoms with van der Waals surface area (Å²) in [6, 6.07) is 20.2. The molecule has 0 spiro atoms. The number of anilines is 1. The summed E-state index contributed by atoms with van der Waals surface area (Å²) >= 11 is 0. The monoisotopic (exact) mass is 515 g/mol. The zero-order valence-electron chi connectivity index (χ0n) is 22.1. The van der Waals surface area contributed by atoms with Gasteiger partial charge in [-0.1, -0.05) is 51.1 Å². The predicted octanol–water partition coefficient (Wildman–Crippen LogP) is 6.15. The maximum absolute atomic E-state index is 13.5. The van der Waals surface area contributed by atoms with Crippen molar-refractivity contribution >= 4 is 23.1 Å². The number of methoxy groups -OCH3 is 1. The molecule has 198 valence electrons. The lowest BCUT2D eigenvalue weighted by Crippen LogP contribution is -2.29.